The van der Waals surface area contributed by atoms with E-state index in [1.165, 1.54) is 6.07 Å². The molecule has 5 nitrogen and oxygen atoms in total. The molecule has 2 N–H and O–H groups in total. The van der Waals surface area contributed by atoms with Crippen LogP contribution in [0.25, 0.3) is 0 Å². The monoisotopic (exact) mass is 348 g/mol. The van der Waals surface area contributed by atoms with Gasteiger partial charge >= 0.3 is 0 Å². The van der Waals surface area contributed by atoms with Gasteiger partial charge in [0.25, 0.3) is 5.91 Å². The van der Waals surface area contributed by atoms with Crippen LogP contribution in [0.5, 0.6) is 0 Å². The minimum Gasteiger partial charge on any atom is -0.365 e. The van der Waals surface area contributed by atoms with Crippen molar-refractivity contribution in [2.24, 2.45) is 0 Å². The number of aromatic nitrogens is 2. The van der Waals surface area contributed by atoms with Gasteiger partial charge in [0.2, 0.25) is 0 Å². The first-order valence-electron chi connectivity index (χ1n) is 8.41. The second kappa shape index (κ2) is 6.92. The number of carbonyl (C=O) groups is 1. The lowest BCUT2D eigenvalue weighted by Gasteiger charge is -2.06. The lowest BCUT2D eigenvalue weighted by Crippen LogP contribution is -2.15. The molecule has 1 saturated carbocycles. The largest absolute Gasteiger partial charge is 0.365 e. The van der Waals surface area contributed by atoms with Crippen molar-refractivity contribution in [2.45, 2.75) is 18.4 Å². The average molecular weight is 348 g/mol. The third-order valence-corrected chi connectivity index (χ3v) is 4.33. The highest BCUT2D eigenvalue weighted by atomic mass is 19.1. The Morgan fingerprint density at radius 1 is 1.00 bits per heavy atom. The SMILES string of the molecule is O=C(Nc1ccccc1)c1ccc(N[C@@H]2C[C@H]2c2cccc(F)c2)nn1. The lowest BCUT2D eigenvalue weighted by molar-refractivity contribution is 0.102. The van der Waals surface area contributed by atoms with Gasteiger partial charge in [-0.15, -0.1) is 10.2 Å². The Balaban J connectivity index is 1.36. The summed E-state index contributed by atoms with van der Waals surface area (Å²) in [5.74, 6) is 0.347. The van der Waals surface area contributed by atoms with Gasteiger partial charge in [-0.2, -0.15) is 0 Å². The van der Waals surface area contributed by atoms with Gasteiger partial charge < -0.3 is 10.6 Å². The molecule has 1 amide bonds. The zero-order valence-corrected chi connectivity index (χ0v) is 13.9. The number of nitrogens with one attached hydrogen (secondary N) is 2. The summed E-state index contributed by atoms with van der Waals surface area (Å²) in [6.07, 6.45) is 0.918. The summed E-state index contributed by atoms with van der Waals surface area (Å²) < 4.78 is 13.3. The first-order valence-corrected chi connectivity index (χ1v) is 8.41. The van der Waals surface area contributed by atoms with Crippen molar-refractivity contribution < 1.29 is 9.18 Å². The summed E-state index contributed by atoms with van der Waals surface area (Å²) in [6, 6.07) is 19.4. The summed E-state index contributed by atoms with van der Waals surface area (Å²) >= 11 is 0. The molecule has 1 fully saturated rings. The second-order valence-electron chi connectivity index (χ2n) is 6.27. The number of amides is 1. The first kappa shape index (κ1) is 16.2. The van der Waals surface area contributed by atoms with Gasteiger partial charge in [0, 0.05) is 17.6 Å². The Bertz CT molecular complexity index is 915. The molecular weight excluding hydrogens is 331 g/mol. The van der Waals surface area contributed by atoms with Crippen LogP contribution in [0.15, 0.2) is 66.7 Å². The number of carbonyl (C=O) groups excluding carboxylic acids is 1. The first-order chi connectivity index (χ1) is 12.7. The molecule has 0 spiro atoms. The summed E-state index contributed by atoms with van der Waals surface area (Å²) in [5.41, 5.74) is 1.93. The summed E-state index contributed by atoms with van der Waals surface area (Å²) in [7, 11) is 0. The van der Waals surface area contributed by atoms with Gasteiger partial charge in [0.15, 0.2) is 5.69 Å². The van der Waals surface area contributed by atoms with Crippen LogP contribution in [0.4, 0.5) is 15.9 Å². The van der Waals surface area contributed by atoms with E-state index in [1.54, 1.807) is 36.4 Å². The third-order valence-electron chi connectivity index (χ3n) is 4.33. The Hall–Kier alpha value is -3.28. The van der Waals surface area contributed by atoms with E-state index in [2.05, 4.69) is 20.8 Å². The molecule has 0 radical (unpaired) electrons. The summed E-state index contributed by atoms with van der Waals surface area (Å²) in [6.45, 7) is 0. The maximum atomic E-state index is 13.3. The standard InChI is InChI=1S/C20H17FN4O/c21-14-6-4-5-13(11-14)16-12-18(16)23-19-10-9-17(24-25-19)20(26)22-15-7-2-1-3-8-15/h1-11,16,18H,12H2,(H,22,26)(H,23,25)/t16-,18+/m0/s1. The van der Waals surface area contributed by atoms with Gasteiger partial charge in [-0.3, -0.25) is 4.79 Å². The third kappa shape index (κ3) is 3.69. The fourth-order valence-electron chi connectivity index (χ4n) is 2.90. The predicted octanol–water partition coefficient (Wildman–Crippen LogP) is 3.84. The van der Waals surface area contributed by atoms with Crippen molar-refractivity contribution >= 4 is 17.4 Å². The van der Waals surface area contributed by atoms with Crippen LogP contribution in [0.1, 0.15) is 28.4 Å². The van der Waals surface area contributed by atoms with Crippen molar-refractivity contribution in [1.82, 2.24) is 10.2 Å². The quantitative estimate of drug-likeness (QED) is 0.735. The Morgan fingerprint density at radius 3 is 2.58 bits per heavy atom. The number of rotatable bonds is 5. The summed E-state index contributed by atoms with van der Waals surface area (Å²) in [5, 5.41) is 14.1. The zero-order chi connectivity index (χ0) is 17.9. The highest BCUT2D eigenvalue weighted by Crippen LogP contribution is 2.42. The second-order valence-corrected chi connectivity index (χ2v) is 6.27. The molecule has 3 aromatic rings. The van der Waals surface area contributed by atoms with E-state index in [4.69, 9.17) is 0 Å². The molecule has 130 valence electrons. The molecule has 4 rings (SSSR count). The molecule has 1 aliphatic carbocycles. The average Bonchev–Trinajstić information content (AvgIpc) is 3.42. The number of para-hydroxylation sites is 1. The van der Waals surface area contributed by atoms with Crippen LogP contribution in [0.2, 0.25) is 0 Å². The van der Waals surface area contributed by atoms with E-state index in [9.17, 15) is 9.18 Å². The molecule has 2 atom stereocenters. The van der Waals surface area contributed by atoms with E-state index >= 15 is 0 Å². The molecule has 2 aromatic carbocycles. The van der Waals surface area contributed by atoms with Crippen molar-refractivity contribution in [3.8, 4) is 0 Å². The van der Waals surface area contributed by atoms with E-state index in [-0.39, 0.29) is 29.4 Å². The van der Waals surface area contributed by atoms with Crippen LogP contribution in [-0.4, -0.2) is 22.1 Å². The zero-order valence-electron chi connectivity index (χ0n) is 13.9. The van der Waals surface area contributed by atoms with Gasteiger partial charge in [0.1, 0.15) is 11.6 Å². The molecule has 6 heteroatoms. The number of nitrogens with zero attached hydrogens (tertiary/aromatic N) is 2. The number of hydrogen-bond donors (Lipinski definition) is 2. The van der Waals surface area contributed by atoms with E-state index in [1.807, 2.05) is 24.3 Å². The maximum Gasteiger partial charge on any atom is 0.276 e. The van der Waals surface area contributed by atoms with Crippen LogP contribution in [0.3, 0.4) is 0 Å². The van der Waals surface area contributed by atoms with E-state index < -0.39 is 0 Å². The molecular formula is C20H17FN4O. The topological polar surface area (TPSA) is 66.9 Å². The minimum absolute atomic E-state index is 0.204. The van der Waals surface area contributed by atoms with Crippen molar-refractivity contribution in [2.75, 3.05) is 10.6 Å². The number of anilines is 2. The molecule has 0 saturated heterocycles. The minimum atomic E-state index is -0.306. The Morgan fingerprint density at radius 2 is 1.85 bits per heavy atom. The maximum absolute atomic E-state index is 13.3. The molecule has 0 aliphatic heterocycles. The van der Waals surface area contributed by atoms with Crippen molar-refractivity contribution in [1.29, 1.82) is 0 Å². The van der Waals surface area contributed by atoms with E-state index in [0.717, 1.165) is 12.0 Å². The smallest absolute Gasteiger partial charge is 0.276 e. The molecule has 0 unspecified atom stereocenters. The van der Waals surface area contributed by atoms with Gasteiger partial charge in [0.05, 0.1) is 0 Å². The van der Waals surface area contributed by atoms with Gasteiger partial charge in [-0.1, -0.05) is 30.3 Å². The Kier molecular flexibility index (Phi) is 4.31. The van der Waals surface area contributed by atoms with Crippen LogP contribution < -0.4 is 10.6 Å². The predicted molar refractivity (Wildman–Crippen MR) is 97.6 cm³/mol. The fraction of sp³-hybridized carbons (Fsp3) is 0.150. The van der Waals surface area contributed by atoms with Gasteiger partial charge in [-0.25, -0.2) is 4.39 Å². The number of benzene rings is 2. The number of halogens is 1. The lowest BCUT2D eigenvalue weighted by atomic mass is 10.1. The molecule has 0 bridgehead atoms. The van der Waals surface area contributed by atoms with Crippen molar-refractivity contribution in [3.63, 3.8) is 0 Å². The van der Waals surface area contributed by atoms with Crippen LogP contribution in [0, 0.1) is 5.82 Å². The highest BCUT2D eigenvalue weighted by Gasteiger charge is 2.38. The molecule has 26 heavy (non-hydrogen) atoms. The summed E-state index contributed by atoms with van der Waals surface area (Å²) in [4.78, 5) is 12.2. The Labute approximate surface area is 150 Å². The fourth-order valence-corrected chi connectivity index (χ4v) is 2.90. The van der Waals surface area contributed by atoms with Crippen molar-refractivity contribution in [3.05, 3.63) is 83.8 Å². The molecule has 1 aromatic heterocycles. The van der Waals surface area contributed by atoms with Crippen LogP contribution in [-0.2, 0) is 0 Å². The van der Waals surface area contributed by atoms with Crippen LogP contribution >= 0.6 is 0 Å². The molecule has 1 heterocycles. The molecule has 1 aliphatic rings. The normalized spacial score (nSPS) is 18.2. The van der Waals surface area contributed by atoms with E-state index in [0.29, 0.717) is 11.5 Å². The van der Waals surface area contributed by atoms with Gasteiger partial charge in [-0.05, 0) is 48.4 Å². The number of hydrogen-bond acceptors (Lipinski definition) is 4. The highest BCUT2D eigenvalue weighted by molar-refractivity contribution is 6.02.